The summed E-state index contributed by atoms with van der Waals surface area (Å²) in [4.78, 5) is 0. The first-order chi connectivity index (χ1) is 8.92. The van der Waals surface area contributed by atoms with E-state index in [4.69, 9.17) is 0 Å². The van der Waals surface area contributed by atoms with Crippen molar-refractivity contribution in [2.45, 2.75) is 72.3 Å². The van der Waals surface area contributed by atoms with Crippen LogP contribution in [0.4, 0.5) is 0 Å². The van der Waals surface area contributed by atoms with Crippen molar-refractivity contribution in [2.24, 2.45) is 5.92 Å². The van der Waals surface area contributed by atoms with Crippen molar-refractivity contribution in [3.8, 4) is 0 Å². The summed E-state index contributed by atoms with van der Waals surface area (Å²) < 4.78 is 0. The van der Waals surface area contributed by atoms with Crippen LogP contribution in [0.2, 0.25) is 0 Å². The van der Waals surface area contributed by atoms with E-state index in [-0.39, 0.29) is 6.10 Å². The second-order valence-electron chi connectivity index (χ2n) is 6.22. The molecule has 0 fully saturated rings. The molecular formula is C18H30O. The number of hydrogen-bond donors (Lipinski definition) is 1. The van der Waals surface area contributed by atoms with Gasteiger partial charge >= 0.3 is 0 Å². The quantitative estimate of drug-likeness (QED) is 0.727. The Morgan fingerprint density at radius 1 is 0.895 bits per heavy atom. The molecule has 0 spiro atoms. The molecule has 0 saturated carbocycles. The molecule has 1 atom stereocenters. The van der Waals surface area contributed by atoms with Crippen molar-refractivity contribution in [1.82, 2.24) is 0 Å². The van der Waals surface area contributed by atoms with Crippen LogP contribution < -0.4 is 0 Å². The van der Waals surface area contributed by atoms with Gasteiger partial charge < -0.3 is 5.11 Å². The van der Waals surface area contributed by atoms with Crippen LogP contribution in [0.15, 0.2) is 18.2 Å². The topological polar surface area (TPSA) is 20.2 Å². The largest absolute Gasteiger partial charge is 0.388 e. The van der Waals surface area contributed by atoms with Gasteiger partial charge in [0.05, 0.1) is 6.10 Å². The zero-order valence-electron chi connectivity index (χ0n) is 13.4. The van der Waals surface area contributed by atoms with Crippen molar-refractivity contribution in [2.75, 3.05) is 0 Å². The van der Waals surface area contributed by atoms with Gasteiger partial charge in [0.25, 0.3) is 0 Å². The van der Waals surface area contributed by atoms with Crippen LogP contribution in [0.25, 0.3) is 0 Å². The van der Waals surface area contributed by atoms with Crippen LogP contribution in [-0.4, -0.2) is 5.11 Å². The van der Waals surface area contributed by atoms with Crippen LogP contribution in [0.5, 0.6) is 0 Å². The second-order valence-corrected chi connectivity index (χ2v) is 6.22. The molecule has 0 amide bonds. The fourth-order valence-electron chi connectivity index (χ4n) is 2.71. The summed E-state index contributed by atoms with van der Waals surface area (Å²) in [6, 6.07) is 6.61. The Balaban J connectivity index is 3.19. The van der Waals surface area contributed by atoms with Gasteiger partial charge in [-0.2, -0.15) is 0 Å². The summed E-state index contributed by atoms with van der Waals surface area (Å²) >= 11 is 0. The summed E-state index contributed by atoms with van der Waals surface area (Å²) in [6.45, 7) is 13.2. The van der Waals surface area contributed by atoms with Crippen molar-refractivity contribution >= 4 is 0 Å². The molecule has 0 aliphatic heterocycles. The highest BCUT2D eigenvalue weighted by Crippen LogP contribution is 2.34. The first-order valence-electron chi connectivity index (χ1n) is 7.74. The van der Waals surface area contributed by atoms with Crippen LogP contribution >= 0.6 is 0 Å². The third kappa shape index (κ3) is 3.82. The Morgan fingerprint density at radius 3 is 1.89 bits per heavy atom. The Kier molecular flexibility index (Phi) is 6.06. The summed E-state index contributed by atoms with van der Waals surface area (Å²) in [6.07, 6.45) is 1.73. The number of hydrogen-bond acceptors (Lipinski definition) is 1. The SMILES string of the molecule is CCC(CC)C(O)c1ccc(C(C)C)cc1C(C)C. The summed E-state index contributed by atoms with van der Waals surface area (Å²) in [7, 11) is 0. The monoisotopic (exact) mass is 262 g/mol. The molecule has 0 aliphatic carbocycles. The Labute approximate surface area is 119 Å². The Hall–Kier alpha value is -0.820. The fraction of sp³-hybridized carbons (Fsp3) is 0.667. The van der Waals surface area contributed by atoms with Gasteiger partial charge in [0, 0.05) is 0 Å². The van der Waals surface area contributed by atoms with E-state index < -0.39 is 0 Å². The number of aliphatic hydroxyl groups excluding tert-OH is 1. The maximum atomic E-state index is 10.6. The maximum absolute atomic E-state index is 10.6. The molecule has 1 aromatic rings. The normalized spacial score (nSPS) is 13.6. The third-order valence-corrected chi connectivity index (χ3v) is 4.21. The number of benzene rings is 1. The van der Waals surface area contributed by atoms with Gasteiger partial charge in [-0.3, -0.25) is 0 Å². The molecule has 0 heterocycles. The van der Waals surface area contributed by atoms with E-state index in [0.717, 1.165) is 18.4 Å². The third-order valence-electron chi connectivity index (χ3n) is 4.21. The highest BCUT2D eigenvalue weighted by molar-refractivity contribution is 5.37. The molecule has 1 N–H and O–H groups in total. The lowest BCUT2D eigenvalue weighted by Crippen LogP contribution is -2.14. The van der Waals surface area contributed by atoms with Gasteiger partial charge in [-0.1, -0.05) is 72.6 Å². The zero-order valence-corrected chi connectivity index (χ0v) is 13.4. The van der Waals surface area contributed by atoms with Gasteiger partial charge in [-0.05, 0) is 34.4 Å². The molecule has 0 aliphatic rings. The number of rotatable bonds is 6. The summed E-state index contributed by atoms with van der Waals surface area (Å²) in [5.74, 6) is 1.36. The van der Waals surface area contributed by atoms with E-state index >= 15 is 0 Å². The van der Waals surface area contributed by atoms with Gasteiger partial charge in [-0.25, -0.2) is 0 Å². The van der Waals surface area contributed by atoms with Crippen molar-refractivity contribution < 1.29 is 5.11 Å². The molecular weight excluding hydrogens is 232 g/mol. The molecule has 1 unspecified atom stereocenters. The van der Waals surface area contributed by atoms with Gasteiger partial charge in [-0.15, -0.1) is 0 Å². The van der Waals surface area contributed by atoms with Crippen molar-refractivity contribution in [3.63, 3.8) is 0 Å². The predicted octanol–water partition coefficient (Wildman–Crippen LogP) is 5.40. The van der Waals surface area contributed by atoms with E-state index in [0.29, 0.717) is 17.8 Å². The fourth-order valence-corrected chi connectivity index (χ4v) is 2.71. The molecule has 1 nitrogen and oxygen atoms in total. The Bertz CT molecular complexity index is 389. The molecule has 0 aromatic heterocycles. The number of aliphatic hydroxyl groups is 1. The summed E-state index contributed by atoms with van der Waals surface area (Å²) in [5, 5.41) is 10.6. The highest BCUT2D eigenvalue weighted by atomic mass is 16.3. The maximum Gasteiger partial charge on any atom is 0.0820 e. The van der Waals surface area contributed by atoms with E-state index in [1.54, 1.807) is 0 Å². The van der Waals surface area contributed by atoms with E-state index in [1.807, 2.05) is 0 Å². The Morgan fingerprint density at radius 2 is 1.47 bits per heavy atom. The van der Waals surface area contributed by atoms with Crippen molar-refractivity contribution in [1.29, 1.82) is 0 Å². The minimum atomic E-state index is -0.325. The predicted molar refractivity (Wildman–Crippen MR) is 83.7 cm³/mol. The molecule has 0 radical (unpaired) electrons. The van der Waals surface area contributed by atoms with Gasteiger partial charge in [0.15, 0.2) is 0 Å². The smallest absolute Gasteiger partial charge is 0.0820 e. The van der Waals surface area contributed by atoms with Crippen molar-refractivity contribution in [3.05, 3.63) is 34.9 Å². The second kappa shape index (κ2) is 7.09. The van der Waals surface area contributed by atoms with Crippen LogP contribution in [-0.2, 0) is 0 Å². The first-order valence-corrected chi connectivity index (χ1v) is 7.74. The minimum Gasteiger partial charge on any atom is -0.388 e. The lowest BCUT2D eigenvalue weighted by Gasteiger charge is -2.25. The average molecular weight is 262 g/mol. The molecule has 0 saturated heterocycles. The molecule has 1 heteroatoms. The highest BCUT2D eigenvalue weighted by Gasteiger charge is 2.21. The molecule has 19 heavy (non-hydrogen) atoms. The van der Waals surface area contributed by atoms with Gasteiger partial charge in [0.2, 0.25) is 0 Å². The lowest BCUT2D eigenvalue weighted by molar-refractivity contribution is 0.102. The molecule has 108 valence electrons. The van der Waals surface area contributed by atoms with Crippen LogP contribution in [0.3, 0.4) is 0 Å². The minimum absolute atomic E-state index is 0.325. The van der Waals surface area contributed by atoms with Gasteiger partial charge in [0.1, 0.15) is 0 Å². The summed E-state index contributed by atoms with van der Waals surface area (Å²) in [5.41, 5.74) is 3.81. The molecule has 1 aromatic carbocycles. The van der Waals surface area contributed by atoms with Crippen LogP contribution in [0, 0.1) is 5.92 Å². The van der Waals surface area contributed by atoms with E-state index in [2.05, 4.69) is 59.7 Å². The molecule has 0 bridgehead atoms. The lowest BCUT2D eigenvalue weighted by atomic mass is 9.84. The average Bonchev–Trinajstić information content (AvgIpc) is 2.39. The van der Waals surface area contributed by atoms with Crippen LogP contribution in [0.1, 0.15) is 89.0 Å². The first kappa shape index (κ1) is 16.2. The zero-order chi connectivity index (χ0) is 14.6. The van der Waals surface area contributed by atoms with E-state index in [9.17, 15) is 5.11 Å². The standard InChI is InChI=1S/C18H30O/c1-7-14(8-2)18(19)16-10-9-15(12(3)4)11-17(16)13(5)6/h9-14,18-19H,7-8H2,1-6H3. The van der Waals surface area contributed by atoms with E-state index in [1.165, 1.54) is 11.1 Å². The molecule has 1 rings (SSSR count).